The van der Waals surface area contributed by atoms with Crippen molar-refractivity contribution in [2.45, 2.75) is 76.0 Å². The van der Waals surface area contributed by atoms with E-state index >= 15 is 0 Å². The second kappa shape index (κ2) is 9.97. The molecule has 37 heavy (non-hydrogen) atoms. The van der Waals surface area contributed by atoms with Gasteiger partial charge in [-0.15, -0.1) is 0 Å². The van der Waals surface area contributed by atoms with E-state index in [1.165, 1.54) is 5.56 Å². The lowest BCUT2D eigenvalue weighted by atomic mass is 9.96. The second-order valence-corrected chi connectivity index (χ2v) is 11.2. The van der Waals surface area contributed by atoms with Gasteiger partial charge in [-0.25, -0.2) is 4.98 Å². The number of pyridine rings is 1. The molecular formula is C29H37N5O3. The van der Waals surface area contributed by atoms with Crippen LogP contribution in [-0.4, -0.2) is 72.6 Å². The van der Waals surface area contributed by atoms with Crippen molar-refractivity contribution in [3.63, 3.8) is 0 Å². The number of nitrogens with zero attached hydrogens (tertiary/aromatic N) is 3. The molecule has 1 aromatic heterocycles. The Morgan fingerprint density at radius 2 is 1.78 bits per heavy atom. The molecule has 2 aromatic rings. The largest absolute Gasteiger partial charge is 0.493 e. The van der Waals surface area contributed by atoms with Crippen molar-refractivity contribution in [1.82, 2.24) is 20.5 Å². The number of anilines is 1. The predicted molar refractivity (Wildman–Crippen MR) is 142 cm³/mol. The van der Waals surface area contributed by atoms with Gasteiger partial charge in [0, 0.05) is 54.5 Å². The lowest BCUT2D eigenvalue weighted by molar-refractivity contribution is 0.0908. The number of ether oxygens (including phenoxy) is 1. The standard InChI is InChI=1S/C29H37N5O3/c1-18-25(9-5-19-11-13-37-27(18)19)29(36)32-22-14-23-7-8-24(15-22)34(23)26-10-6-20(16-30-26)28(35)31-21-4-3-12-33(2)17-21/h5-6,9-10,16,21-24H,3-4,7-8,11-15,17H2,1-2H3,(H,31,35)(H,32,36)/t21-,22?,23-,24+/m1/s1. The first-order chi connectivity index (χ1) is 18.0. The van der Waals surface area contributed by atoms with E-state index in [-0.39, 0.29) is 23.9 Å². The van der Waals surface area contributed by atoms with Gasteiger partial charge in [0.05, 0.1) is 12.2 Å². The number of likely N-dealkylation sites (tertiary alicyclic amines) is 1. The number of hydrogen-bond donors (Lipinski definition) is 2. The Kier molecular flexibility index (Phi) is 6.53. The maximum absolute atomic E-state index is 13.1. The van der Waals surface area contributed by atoms with Crippen LogP contribution in [0.1, 0.15) is 70.4 Å². The first-order valence-electron chi connectivity index (χ1n) is 13.8. The average Bonchev–Trinajstić information content (AvgIpc) is 3.47. The van der Waals surface area contributed by atoms with Crippen LogP contribution in [0.3, 0.4) is 0 Å². The van der Waals surface area contributed by atoms with E-state index < -0.39 is 0 Å². The van der Waals surface area contributed by atoms with Crippen LogP contribution in [0.2, 0.25) is 0 Å². The minimum absolute atomic E-state index is 0.00806. The molecule has 4 atom stereocenters. The van der Waals surface area contributed by atoms with Crippen LogP contribution in [0.25, 0.3) is 0 Å². The fourth-order valence-electron chi connectivity index (χ4n) is 6.81. The lowest BCUT2D eigenvalue weighted by Gasteiger charge is -2.40. The molecule has 196 valence electrons. The number of likely N-dealkylation sites (N-methyl/N-ethyl adjacent to an activating group) is 1. The minimum atomic E-state index is -0.0454. The number of piperidine rings is 2. The summed E-state index contributed by atoms with van der Waals surface area (Å²) in [6, 6.07) is 8.89. The van der Waals surface area contributed by atoms with Gasteiger partial charge in [-0.2, -0.15) is 0 Å². The van der Waals surface area contributed by atoms with Crippen molar-refractivity contribution in [3.05, 3.63) is 52.7 Å². The molecule has 6 rings (SSSR count). The third-order valence-electron chi connectivity index (χ3n) is 8.65. The van der Waals surface area contributed by atoms with E-state index in [1.807, 2.05) is 31.2 Å². The monoisotopic (exact) mass is 503 g/mol. The molecule has 3 saturated heterocycles. The third-order valence-corrected chi connectivity index (χ3v) is 8.65. The van der Waals surface area contributed by atoms with E-state index in [0.717, 1.165) is 75.2 Å². The summed E-state index contributed by atoms with van der Waals surface area (Å²) in [5.74, 6) is 1.76. The molecule has 0 saturated carbocycles. The summed E-state index contributed by atoms with van der Waals surface area (Å²) in [4.78, 5) is 35.3. The number of carbonyl (C=O) groups excluding carboxylic acids is 2. The minimum Gasteiger partial charge on any atom is -0.493 e. The van der Waals surface area contributed by atoms with Gasteiger partial charge in [-0.05, 0) is 82.8 Å². The van der Waals surface area contributed by atoms with Gasteiger partial charge in [-0.3, -0.25) is 9.59 Å². The summed E-state index contributed by atoms with van der Waals surface area (Å²) in [6.45, 7) is 4.66. The molecule has 8 heteroatoms. The number of amides is 2. The first-order valence-corrected chi connectivity index (χ1v) is 13.8. The highest BCUT2D eigenvalue weighted by Crippen LogP contribution is 2.39. The average molecular weight is 504 g/mol. The summed E-state index contributed by atoms with van der Waals surface area (Å²) < 4.78 is 5.76. The number of hydrogen-bond acceptors (Lipinski definition) is 6. The zero-order valence-corrected chi connectivity index (χ0v) is 21.8. The van der Waals surface area contributed by atoms with Gasteiger partial charge in [-0.1, -0.05) is 6.07 Å². The summed E-state index contributed by atoms with van der Waals surface area (Å²) >= 11 is 0. The van der Waals surface area contributed by atoms with Crippen molar-refractivity contribution in [2.75, 3.05) is 31.6 Å². The Morgan fingerprint density at radius 1 is 1.00 bits per heavy atom. The van der Waals surface area contributed by atoms with Gasteiger partial charge in [0.25, 0.3) is 11.8 Å². The van der Waals surface area contributed by atoms with Crippen LogP contribution in [0.5, 0.6) is 5.75 Å². The van der Waals surface area contributed by atoms with Crippen molar-refractivity contribution >= 4 is 17.6 Å². The highest BCUT2D eigenvalue weighted by molar-refractivity contribution is 5.97. The number of rotatable bonds is 5. The highest BCUT2D eigenvalue weighted by Gasteiger charge is 2.42. The molecule has 0 radical (unpaired) electrons. The van der Waals surface area contributed by atoms with Crippen LogP contribution in [0.15, 0.2) is 30.5 Å². The highest BCUT2D eigenvalue weighted by atomic mass is 16.5. The zero-order valence-electron chi connectivity index (χ0n) is 21.8. The summed E-state index contributed by atoms with van der Waals surface area (Å²) in [5, 5.41) is 6.48. The molecule has 0 spiro atoms. The van der Waals surface area contributed by atoms with E-state index in [9.17, 15) is 9.59 Å². The Bertz CT molecular complexity index is 1170. The van der Waals surface area contributed by atoms with Crippen molar-refractivity contribution in [3.8, 4) is 5.75 Å². The third kappa shape index (κ3) is 4.79. The predicted octanol–water partition coefficient (Wildman–Crippen LogP) is 3.08. The molecule has 5 heterocycles. The van der Waals surface area contributed by atoms with Gasteiger partial charge in [0.15, 0.2) is 0 Å². The topological polar surface area (TPSA) is 86.8 Å². The van der Waals surface area contributed by atoms with Crippen LogP contribution >= 0.6 is 0 Å². The number of nitrogens with one attached hydrogen (secondary N) is 2. The SMILES string of the molecule is Cc1c(C(=O)NC2C[C@H]3CC[C@@H](C2)N3c2ccc(C(=O)N[C@@H]3CCCN(C)C3)cn2)ccc2c1OCC2. The lowest BCUT2D eigenvalue weighted by Crippen LogP contribution is -2.51. The van der Waals surface area contributed by atoms with Crippen LogP contribution < -0.4 is 20.3 Å². The van der Waals surface area contributed by atoms with Crippen LogP contribution in [0, 0.1) is 6.92 Å². The zero-order chi connectivity index (χ0) is 25.5. The van der Waals surface area contributed by atoms with E-state index in [4.69, 9.17) is 9.72 Å². The summed E-state index contributed by atoms with van der Waals surface area (Å²) in [7, 11) is 2.10. The fraction of sp³-hybridized carbons (Fsp3) is 0.552. The molecule has 4 aliphatic heterocycles. The Labute approximate surface area is 218 Å². The maximum Gasteiger partial charge on any atom is 0.253 e. The Balaban J connectivity index is 1.08. The fourth-order valence-corrected chi connectivity index (χ4v) is 6.81. The molecule has 2 bridgehead atoms. The van der Waals surface area contributed by atoms with E-state index in [1.54, 1.807) is 6.20 Å². The Morgan fingerprint density at radius 3 is 2.51 bits per heavy atom. The van der Waals surface area contributed by atoms with E-state index in [2.05, 4.69) is 27.5 Å². The van der Waals surface area contributed by atoms with Gasteiger partial charge < -0.3 is 25.2 Å². The summed E-state index contributed by atoms with van der Waals surface area (Å²) in [6.07, 6.45) is 8.77. The molecule has 1 unspecified atom stereocenters. The van der Waals surface area contributed by atoms with Crippen LogP contribution in [0.4, 0.5) is 5.82 Å². The quantitative estimate of drug-likeness (QED) is 0.652. The number of fused-ring (bicyclic) bond motifs is 3. The van der Waals surface area contributed by atoms with Crippen molar-refractivity contribution in [2.24, 2.45) is 0 Å². The molecule has 2 amide bonds. The number of aromatic nitrogens is 1. The molecule has 0 aliphatic carbocycles. The smallest absolute Gasteiger partial charge is 0.253 e. The Hall–Kier alpha value is -3.13. The maximum atomic E-state index is 13.1. The van der Waals surface area contributed by atoms with Crippen molar-refractivity contribution < 1.29 is 14.3 Å². The van der Waals surface area contributed by atoms with Gasteiger partial charge in [0.1, 0.15) is 11.6 Å². The van der Waals surface area contributed by atoms with Crippen LogP contribution in [-0.2, 0) is 6.42 Å². The molecule has 2 N–H and O–H groups in total. The normalized spacial score (nSPS) is 26.9. The molecule has 8 nitrogen and oxygen atoms in total. The molecular weight excluding hydrogens is 466 g/mol. The molecule has 4 aliphatic rings. The van der Waals surface area contributed by atoms with E-state index in [0.29, 0.717) is 29.8 Å². The number of benzene rings is 1. The summed E-state index contributed by atoms with van der Waals surface area (Å²) in [5.41, 5.74) is 3.46. The first kappa shape index (κ1) is 24.2. The molecule has 1 aromatic carbocycles. The molecule has 3 fully saturated rings. The number of carbonyl (C=O) groups is 2. The van der Waals surface area contributed by atoms with Crippen molar-refractivity contribution in [1.29, 1.82) is 0 Å². The van der Waals surface area contributed by atoms with Gasteiger partial charge >= 0.3 is 0 Å². The second-order valence-electron chi connectivity index (χ2n) is 11.2. The van der Waals surface area contributed by atoms with Gasteiger partial charge in [0.2, 0.25) is 0 Å².